The number of anilines is 1. The van der Waals surface area contributed by atoms with Crippen LogP contribution in [0.4, 0.5) is 5.69 Å². The maximum atomic E-state index is 13.1. The molecule has 0 aromatic heterocycles. The van der Waals surface area contributed by atoms with Crippen LogP contribution in [0.2, 0.25) is 0 Å². The van der Waals surface area contributed by atoms with Gasteiger partial charge in [-0.25, -0.2) is 5.01 Å². The maximum Gasteiger partial charge on any atom is 0.270 e. The molecule has 6 nitrogen and oxygen atoms in total. The van der Waals surface area contributed by atoms with Crippen LogP contribution in [-0.4, -0.2) is 53.5 Å². The highest BCUT2D eigenvalue weighted by Crippen LogP contribution is 2.23. The van der Waals surface area contributed by atoms with E-state index in [1.165, 1.54) is 21.7 Å². The van der Waals surface area contributed by atoms with E-state index >= 15 is 0 Å². The summed E-state index contributed by atoms with van der Waals surface area (Å²) >= 11 is 3.40. The molecular formula is C24H27BrN4O2. The zero-order valence-corrected chi connectivity index (χ0v) is 19.6. The summed E-state index contributed by atoms with van der Waals surface area (Å²) in [5.41, 5.74) is 5.07. The van der Waals surface area contributed by atoms with Crippen molar-refractivity contribution in [3.05, 3.63) is 63.6 Å². The predicted octanol–water partition coefficient (Wildman–Crippen LogP) is 3.89. The number of nitrogens with zero attached hydrogens (tertiary/aromatic N) is 4. The van der Waals surface area contributed by atoms with Crippen LogP contribution >= 0.6 is 15.9 Å². The van der Waals surface area contributed by atoms with E-state index in [-0.39, 0.29) is 11.8 Å². The molecule has 2 amide bonds. The van der Waals surface area contributed by atoms with Gasteiger partial charge in [0.2, 0.25) is 5.91 Å². The molecule has 2 aromatic rings. The second-order valence-corrected chi connectivity index (χ2v) is 9.14. The van der Waals surface area contributed by atoms with Gasteiger partial charge in [0.1, 0.15) is 5.71 Å². The third-order valence-electron chi connectivity index (χ3n) is 5.90. The fraction of sp³-hybridized carbons (Fsp3) is 0.375. The second kappa shape index (κ2) is 9.32. The number of aryl methyl sites for hydroxylation is 2. The standard InChI is InChI=1S/C24H27BrN4O2/c1-17-3-4-19(18(2)15-17)16-27-11-13-28(14-12-27)24(31)22-9-10-23(30)29(26-22)21-7-5-20(25)6-8-21/h3-8,15H,9-14,16H2,1-2H3. The number of hydrogen-bond donors (Lipinski definition) is 0. The molecule has 0 aliphatic carbocycles. The molecule has 0 spiro atoms. The number of piperazine rings is 1. The Morgan fingerprint density at radius 2 is 1.71 bits per heavy atom. The summed E-state index contributed by atoms with van der Waals surface area (Å²) < 4.78 is 0.930. The van der Waals surface area contributed by atoms with Gasteiger partial charge < -0.3 is 4.90 Å². The first kappa shape index (κ1) is 21.7. The highest BCUT2D eigenvalue weighted by atomic mass is 79.9. The maximum absolute atomic E-state index is 13.1. The van der Waals surface area contributed by atoms with Gasteiger partial charge in [0, 0.05) is 50.0 Å². The van der Waals surface area contributed by atoms with Crippen molar-refractivity contribution in [3.8, 4) is 0 Å². The smallest absolute Gasteiger partial charge is 0.270 e. The molecule has 2 aliphatic rings. The molecule has 31 heavy (non-hydrogen) atoms. The Labute approximate surface area is 191 Å². The predicted molar refractivity (Wildman–Crippen MR) is 126 cm³/mol. The first-order chi connectivity index (χ1) is 14.9. The minimum atomic E-state index is -0.0860. The molecule has 162 valence electrons. The number of hydrazone groups is 1. The van der Waals surface area contributed by atoms with Gasteiger partial charge in [0.15, 0.2) is 0 Å². The van der Waals surface area contributed by atoms with Gasteiger partial charge in [0.05, 0.1) is 5.69 Å². The number of rotatable bonds is 4. The Kier molecular flexibility index (Phi) is 6.53. The molecule has 1 fully saturated rings. The minimum absolute atomic E-state index is 0.0548. The Hall–Kier alpha value is -2.51. The molecule has 2 heterocycles. The largest absolute Gasteiger partial charge is 0.335 e. The molecule has 7 heteroatoms. The van der Waals surface area contributed by atoms with Crippen molar-refractivity contribution >= 4 is 39.1 Å². The topological polar surface area (TPSA) is 56.2 Å². The third-order valence-corrected chi connectivity index (χ3v) is 6.43. The summed E-state index contributed by atoms with van der Waals surface area (Å²) in [6.07, 6.45) is 0.695. The average molecular weight is 483 g/mol. The summed E-state index contributed by atoms with van der Waals surface area (Å²) in [5.74, 6) is -0.141. The molecule has 4 rings (SSSR count). The van der Waals surface area contributed by atoms with Gasteiger partial charge in [-0.15, -0.1) is 0 Å². The van der Waals surface area contributed by atoms with Crippen LogP contribution in [0, 0.1) is 13.8 Å². The van der Waals surface area contributed by atoms with Crippen LogP contribution in [-0.2, 0) is 16.1 Å². The first-order valence-corrected chi connectivity index (χ1v) is 11.4. The van der Waals surface area contributed by atoms with Crippen LogP contribution in [0.1, 0.15) is 29.5 Å². The van der Waals surface area contributed by atoms with Crippen LogP contribution in [0.5, 0.6) is 0 Å². The minimum Gasteiger partial charge on any atom is -0.335 e. The Bertz CT molecular complexity index is 1010. The molecule has 0 unspecified atom stereocenters. The van der Waals surface area contributed by atoms with E-state index in [0.29, 0.717) is 37.3 Å². The van der Waals surface area contributed by atoms with E-state index < -0.39 is 0 Å². The molecule has 0 bridgehead atoms. The molecule has 0 radical (unpaired) electrons. The van der Waals surface area contributed by atoms with E-state index in [2.05, 4.69) is 58.0 Å². The fourth-order valence-corrected chi connectivity index (χ4v) is 4.31. The SMILES string of the molecule is Cc1ccc(CN2CCN(C(=O)C3=NN(c4ccc(Br)cc4)C(=O)CC3)CC2)c(C)c1. The molecule has 2 aliphatic heterocycles. The van der Waals surface area contributed by atoms with Gasteiger partial charge in [-0.2, -0.15) is 5.10 Å². The molecule has 0 atom stereocenters. The molecule has 0 saturated carbocycles. The van der Waals surface area contributed by atoms with E-state index in [1.807, 2.05) is 29.2 Å². The lowest BCUT2D eigenvalue weighted by Crippen LogP contribution is -2.51. The fourth-order valence-electron chi connectivity index (χ4n) is 4.05. The summed E-state index contributed by atoms with van der Waals surface area (Å²) in [5, 5.41) is 5.79. The molecular weight excluding hydrogens is 456 g/mol. The monoisotopic (exact) mass is 482 g/mol. The van der Waals surface area contributed by atoms with Crippen molar-refractivity contribution in [2.75, 3.05) is 31.2 Å². The molecule has 2 aromatic carbocycles. The van der Waals surface area contributed by atoms with Crippen LogP contribution in [0.25, 0.3) is 0 Å². The zero-order chi connectivity index (χ0) is 22.0. The summed E-state index contributed by atoms with van der Waals surface area (Å²) in [6, 6.07) is 13.9. The number of hydrogen-bond acceptors (Lipinski definition) is 4. The normalized spacial score (nSPS) is 17.6. The number of carbonyl (C=O) groups is 2. The zero-order valence-electron chi connectivity index (χ0n) is 18.0. The van der Waals surface area contributed by atoms with Crippen LogP contribution < -0.4 is 5.01 Å². The van der Waals surface area contributed by atoms with Crippen molar-refractivity contribution in [3.63, 3.8) is 0 Å². The van der Waals surface area contributed by atoms with E-state index in [0.717, 1.165) is 24.1 Å². The summed E-state index contributed by atoms with van der Waals surface area (Å²) in [4.78, 5) is 29.7. The van der Waals surface area contributed by atoms with Gasteiger partial charge in [-0.05, 0) is 49.2 Å². The molecule has 0 N–H and O–H groups in total. The summed E-state index contributed by atoms with van der Waals surface area (Å²) in [6.45, 7) is 8.19. The third kappa shape index (κ3) is 5.05. The van der Waals surface area contributed by atoms with Gasteiger partial charge in [-0.1, -0.05) is 39.7 Å². The number of amides is 2. The van der Waals surface area contributed by atoms with Crippen molar-refractivity contribution in [1.82, 2.24) is 9.80 Å². The Balaban J connectivity index is 1.39. The lowest BCUT2D eigenvalue weighted by atomic mass is 10.0. The Morgan fingerprint density at radius 1 is 1.00 bits per heavy atom. The van der Waals surface area contributed by atoms with E-state index in [9.17, 15) is 9.59 Å². The highest BCUT2D eigenvalue weighted by Gasteiger charge is 2.30. The van der Waals surface area contributed by atoms with Crippen LogP contribution in [0.3, 0.4) is 0 Å². The van der Waals surface area contributed by atoms with E-state index in [4.69, 9.17) is 0 Å². The van der Waals surface area contributed by atoms with Crippen molar-refractivity contribution in [2.45, 2.75) is 33.2 Å². The Morgan fingerprint density at radius 3 is 2.39 bits per heavy atom. The van der Waals surface area contributed by atoms with Crippen molar-refractivity contribution < 1.29 is 9.59 Å². The lowest BCUT2D eigenvalue weighted by Gasteiger charge is -2.35. The number of carbonyl (C=O) groups excluding carboxylic acids is 2. The quantitative estimate of drug-likeness (QED) is 0.663. The van der Waals surface area contributed by atoms with Crippen LogP contribution in [0.15, 0.2) is 52.0 Å². The highest BCUT2D eigenvalue weighted by molar-refractivity contribution is 9.10. The van der Waals surface area contributed by atoms with E-state index in [1.54, 1.807) is 0 Å². The lowest BCUT2D eigenvalue weighted by molar-refractivity contribution is -0.126. The van der Waals surface area contributed by atoms with Gasteiger partial charge in [0.25, 0.3) is 5.91 Å². The number of halogens is 1. The average Bonchev–Trinajstić information content (AvgIpc) is 2.77. The molecule has 1 saturated heterocycles. The van der Waals surface area contributed by atoms with Crippen molar-refractivity contribution in [1.29, 1.82) is 0 Å². The number of benzene rings is 2. The van der Waals surface area contributed by atoms with Crippen molar-refractivity contribution in [2.24, 2.45) is 5.10 Å². The van der Waals surface area contributed by atoms with Gasteiger partial charge >= 0.3 is 0 Å². The summed E-state index contributed by atoms with van der Waals surface area (Å²) in [7, 11) is 0. The first-order valence-electron chi connectivity index (χ1n) is 10.6. The van der Waals surface area contributed by atoms with Gasteiger partial charge in [-0.3, -0.25) is 14.5 Å². The second-order valence-electron chi connectivity index (χ2n) is 8.23.